The standard InChI is InChI=1S/C21H33N2/c1-19-15-14-17-21(2,3)20(19)16-12-10-8-7-9-11-13-18-22-23(4,5)6/h7-13,16,18H,14-15,17H2,1-6H3/q+1/b9-7+,10-8+,13-11+,16-12+,22-18+. The molecule has 0 aromatic rings. The zero-order valence-electron chi connectivity index (χ0n) is 15.7. The number of allylic oxidation sites excluding steroid dienone is 10. The monoisotopic (exact) mass is 313 g/mol. The molecule has 126 valence electrons. The van der Waals surface area contributed by atoms with Gasteiger partial charge in [-0.3, -0.25) is 0 Å². The molecule has 0 bridgehead atoms. The highest BCUT2D eigenvalue weighted by atomic mass is 15.6. The van der Waals surface area contributed by atoms with E-state index in [1.54, 1.807) is 5.57 Å². The molecule has 0 atom stereocenters. The molecule has 0 fully saturated rings. The predicted molar refractivity (Wildman–Crippen MR) is 103 cm³/mol. The Morgan fingerprint density at radius 2 is 1.48 bits per heavy atom. The van der Waals surface area contributed by atoms with Gasteiger partial charge in [0, 0.05) is 0 Å². The number of rotatable bonds is 6. The maximum atomic E-state index is 4.33. The fourth-order valence-corrected chi connectivity index (χ4v) is 2.77. The molecule has 0 spiro atoms. The lowest BCUT2D eigenvalue weighted by molar-refractivity contribution is -0.876. The third kappa shape index (κ3) is 7.94. The van der Waals surface area contributed by atoms with Crippen molar-refractivity contribution >= 4 is 6.21 Å². The Hall–Kier alpha value is -1.67. The lowest BCUT2D eigenvalue weighted by atomic mass is 9.73. The van der Waals surface area contributed by atoms with Crippen LogP contribution in [0.3, 0.4) is 0 Å². The summed E-state index contributed by atoms with van der Waals surface area (Å²) in [4.78, 5) is 0. The highest BCUT2D eigenvalue weighted by molar-refractivity contribution is 5.70. The minimum atomic E-state index is 0.316. The van der Waals surface area contributed by atoms with Crippen LogP contribution in [0.4, 0.5) is 0 Å². The van der Waals surface area contributed by atoms with Crippen molar-refractivity contribution in [2.24, 2.45) is 10.5 Å². The molecule has 2 nitrogen and oxygen atoms in total. The highest BCUT2D eigenvalue weighted by Gasteiger charge is 2.26. The summed E-state index contributed by atoms with van der Waals surface area (Å²) >= 11 is 0. The number of nitrogens with zero attached hydrogens (tertiary/aromatic N) is 2. The summed E-state index contributed by atoms with van der Waals surface area (Å²) in [6, 6.07) is 0. The third-order valence-electron chi connectivity index (χ3n) is 3.97. The van der Waals surface area contributed by atoms with Crippen LogP contribution in [0, 0.1) is 5.41 Å². The Kier molecular flexibility index (Phi) is 7.44. The van der Waals surface area contributed by atoms with Crippen molar-refractivity contribution in [3.8, 4) is 0 Å². The minimum Gasteiger partial charge on any atom is -0.205 e. The lowest BCUT2D eigenvalue weighted by Gasteiger charge is -2.32. The van der Waals surface area contributed by atoms with Gasteiger partial charge in [0.05, 0.1) is 27.4 Å². The fourth-order valence-electron chi connectivity index (χ4n) is 2.77. The van der Waals surface area contributed by atoms with E-state index in [0.29, 0.717) is 10.0 Å². The summed E-state index contributed by atoms with van der Waals surface area (Å²) in [5.74, 6) is 0. The second-order valence-corrected chi connectivity index (χ2v) is 7.65. The largest absolute Gasteiger partial charge is 0.205 e. The third-order valence-corrected chi connectivity index (χ3v) is 3.97. The molecule has 0 radical (unpaired) electrons. The molecule has 0 saturated carbocycles. The first-order valence-electron chi connectivity index (χ1n) is 8.46. The molecule has 0 amide bonds. The zero-order valence-corrected chi connectivity index (χ0v) is 15.7. The van der Waals surface area contributed by atoms with Crippen molar-refractivity contribution in [1.82, 2.24) is 0 Å². The van der Waals surface area contributed by atoms with Gasteiger partial charge in [0.2, 0.25) is 0 Å². The lowest BCUT2D eigenvalue weighted by Crippen LogP contribution is -2.26. The van der Waals surface area contributed by atoms with Gasteiger partial charge in [0.25, 0.3) is 0 Å². The Labute approximate surface area is 142 Å². The molecule has 2 heteroatoms. The quantitative estimate of drug-likeness (QED) is 0.268. The van der Waals surface area contributed by atoms with E-state index in [1.165, 1.54) is 24.8 Å². The average Bonchev–Trinajstić information content (AvgIpc) is 2.42. The molecule has 0 saturated heterocycles. The molecule has 1 rings (SSSR count). The normalized spacial score (nSPS) is 20.3. The van der Waals surface area contributed by atoms with Crippen LogP contribution in [-0.4, -0.2) is 31.9 Å². The maximum absolute atomic E-state index is 4.33. The number of hydrogen-bond acceptors (Lipinski definition) is 1. The van der Waals surface area contributed by atoms with Gasteiger partial charge in [-0.05, 0) is 43.3 Å². The van der Waals surface area contributed by atoms with Crippen LogP contribution in [0.25, 0.3) is 0 Å². The van der Waals surface area contributed by atoms with E-state index >= 15 is 0 Å². The van der Waals surface area contributed by atoms with Crippen LogP contribution in [0.5, 0.6) is 0 Å². The smallest absolute Gasteiger partial charge is 0.0923 e. The van der Waals surface area contributed by atoms with Crippen molar-refractivity contribution in [3.05, 3.63) is 59.8 Å². The van der Waals surface area contributed by atoms with E-state index in [9.17, 15) is 0 Å². The second-order valence-electron chi connectivity index (χ2n) is 7.65. The Morgan fingerprint density at radius 3 is 2.04 bits per heavy atom. The summed E-state index contributed by atoms with van der Waals surface area (Å²) in [5, 5.41) is 4.33. The van der Waals surface area contributed by atoms with Gasteiger partial charge in [-0.25, -0.2) is 4.59 Å². The minimum absolute atomic E-state index is 0.316. The van der Waals surface area contributed by atoms with Crippen LogP contribution in [0.2, 0.25) is 0 Å². The van der Waals surface area contributed by atoms with Gasteiger partial charge in [0.15, 0.2) is 0 Å². The topological polar surface area (TPSA) is 12.4 Å². The van der Waals surface area contributed by atoms with E-state index in [-0.39, 0.29) is 0 Å². The second kappa shape index (κ2) is 8.83. The Balaban J connectivity index is 2.49. The van der Waals surface area contributed by atoms with E-state index in [1.807, 2.05) is 51.7 Å². The van der Waals surface area contributed by atoms with Crippen molar-refractivity contribution in [3.63, 3.8) is 0 Å². The van der Waals surface area contributed by atoms with Crippen LogP contribution in [0.15, 0.2) is 64.9 Å². The average molecular weight is 314 g/mol. The van der Waals surface area contributed by atoms with Gasteiger partial charge < -0.3 is 0 Å². The van der Waals surface area contributed by atoms with Crippen molar-refractivity contribution in [2.75, 3.05) is 21.1 Å². The van der Waals surface area contributed by atoms with Gasteiger partial charge in [-0.15, -0.1) is 0 Å². The summed E-state index contributed by atoms with van der Waals surface area (Å²) in [6.45, 7) is 6.97. The molecule has 0 heterocycles. The molecule has 23 heavy (non-hydrogen) atoms. The van der Waals surface area contributed by atoms with Gasteiger partial charge >= 0.3 is 0 Å². The Bertz CT molecular complexity index is 547. The van der Waals surface area contributed by atoms with E-state index in [2.05, 4.69) is 50.2 Å². The summed E-state index contributed by atoms with van der Waals surface area (Å²) in [7, 11) is 6.08. The molecule has 0 N–H and O–H groups in total. The van der Waals surface area contributed by atoms with E-state index in [4.69, 9.17) is 0 Å². The predicted octanol–water partition coefficient (Wildman–Crippen LogP) is 5.43. The summed E-state index contributed by atoms with van der Waals surface area (Å²) < 4.78 is 0.588. The highest BCUT2D eigenvalue weighted by Crippen LogP contribution is 2.40. The molecule has 1 aliphatic rings. The molecule has 0 unspecified atom stereocenters. The Morgan fingerprint density at radius 1 is 0.913 bits per heavy atom. The first-order chi connectivity index (χ1) is 10.7. The van der Waals surface area contributed by atoms with Crippen LogP contribution >= 0.6 is 0 Å². The first-order valence-corrected chi connectivity index (χ1v) is 8.46. The number of quaternary nitrogens is 1. The first kappa shape index (κ1) is 19.4. The maximum Gasteiger partial charge on any atom is 0.0923 e. The van der Waals surface area contributed by atoms with Crippen molar-refractivity contribution in [2.45, 2.75) is 40.0 Å². The van der Waals surface area contributed by atoms with Gasteiger partial charge in [0.1, 0.15) is 0 Å². The summed E-state index contributed by atoms with van der Waals surface area (Å²) in [6.07, 6.45) is 22.2. The molecular formula is C21H33N2+. The fraction of sp³-hybridized carbons (Fsp3) is 0.476. The van der Waals surface area contributed by atoms with Crippen molar-refractivity contribution < 1.29 is 4.59 Å². The molecule has 0 aromatic heterocycles. The van der Waals surface area contributed by atoms with Crippen LogP contribution in [0.1, 0.15) is 40.0 Å². The molecule has 1 aliphatic carbocycles. The summed E-state index contributed by atoms with van der Waals surface area (Å²) in [5.41, 5.74) is 3.37. The van der Waals surface area contributed by atoms with Crippen molar-refractivity contribution in [1.29, 1.82) is 0 Å². The molecule has 0 aliphatic heterocycles. The van der Waals surface area contributed by atoms with Crippen LogP contribution < -0.4 is 0 Å². The molecular weight excluding hydrogens is 280 g/mol. The molecule has 0 aromatic carbocycles. The van der Waals surface area contributed by atoms with Gasteiger partial charge in [-0.1, -0.05) is 67.1 Å². The van der Waals surface area contributed by atoms with Crippen LogP contribution in [-0.2, 0) is 0 Å². The van der Waals surface area contributed by atoms with E-state index < -0.39 is 0 Å². The van der Waals surface area contributed by atoms with Gasteiger partial charge in [-0.2, -0.15) is 0 Å². The zero-order chi connectivity index (χ0) is 17.3. The number of hydrogen-bond donors (Lipinski definition) is 0. The van der Waals surface area contributed by atoms with E-state index in [0.717, 1.165) is 0 Å². The SMILES string of the molecule is CC1=C(/C=C/C=C/C=C/C=C/C=N/[N+](C)(C)C)C(C)(C)CCC1.